The summed E-state index contributed by atoms with van der Waals surface area (Å²) in [5.74, 6) is 0. The van der Waals surface area contributed by atoms with Gasteiger partial charge in [0, 0.05) is 27.6 Å². The van der Waals surface area contributed by atoms with Crippen LogP contribution in [0.1, 0.15) is 49.9 Å². The molecule has 0 amide bonds. The van der Waals surface area contributed by atoms with Crippen molar-refractivity contribution < 1.29 is 0 Å². The molecule has 12 aromatic rings. The Balaban J connectivity index is 0.842. The highest BCUT2D eigenvalue weighted by Crippen LogP contribution is 2.61. The number of nitrogens with zero attached hydrogens (tertiary/aromatic N) is 2. The predicted octanol–water partition coefficient (Wildman–Crippen LogP) is 21.1. The molecule has 0 radical (unpaired) electrons. The third-order valence-corrected chi connectivity index (χ3v) is 16.8. The smallest absolute Gasteiger partial charge is 0.0544 e. The minimum atomic E-state index is -0.297. The maximum absolute atomic E-state index is 2.58. The van der Waals surface area contributed by atoms with E-state index in [9.17, 15) is 0 Å². The topological polar surface area (TPSA) is 6.48 Å². The molecule has 2 aliphatic heterocycles. The van der Waals surface area contributed by atoms with E-state index in [2.05, 4.69) is 317 Å². The first-order chi connectivity index (χ1) is 38.2. The van der Waals surface area contributed by atoms with Gasteiger partial charge in [0.2, 0.25) is 0 Å². The summed E-state index contributed by atoms with van der Waals surface area (Å²) in [5, 5.41) is 2.42. The van der Waals surface area contributed by atoms with Crippen molar-refractivity contribution in [1.29, 1.82) is 0 Å². The van der Waals surface area contributed by atoms with Gasteiger partial charge < -0.3 is 9.80 Å². The summed E-state index contributed by atoms with van der Waals surface area (Å²) in [7, 11) is 0. The van der Waals surface area contributed by atoms with Gasteiger partial charge in [-0.25, -0.2) is 0 Å². The maximum Gasteiger partial charge on any atom is 0.0544 e. The van der Waals surface area contributed by atoms with E-state index in [0.29, 0.717) is 0 Å². The quantitative estimate of drug-likeness (QED) is 0.142. The van der Waals surface area contributed by atoms with Gasteiger partial charge >= 0.3 is 0 Å². The Morgan fingerprint density at radius 2 is 0.603 bits per heavy atom. The van der Waals surface area contributed by atoms with Crippen LogP contribution in [-0.4, -0.2) is 0 Å². The molecule has 14 rings (SSSR count). The SMILES string of the molecule is CC1(C)c2cc(-c3ccccc3)ccc2N2c3ccc(-c4ccccc4)cc3C(C)(C)c3cc(-c4cccc(-c5cccc(-c6ccc(N(c7ccc(-c8ccccc8)cc7)c7cccc8ccccc78)cc6)c5)c4)cc1c32. The second-order valence-corrected chi connectivity index (χ2v) is 22.2. The average Bonchev–Trinajstić information content (AvgIpc) is 3.50. The second kappa shape index (κ2) is 18.7. The first kappa shape index (κ1) is 47.0. The van der Waals surface area contributed by atoms with Gasteiger partial charge in [-0.3, -0.25) is 0 Å². The molecule has 0 N–H and O–H groups in total. The van der Waals surface area contributed by atoms with Gasteiger partial charge in [0.25, 0.3) is 0 Å². The van der Waals surface area contributed by atoms with Crippen molar-refractivity contribution in [3.05, 3.63) is 301 Å². The lowest BCUT2D eigenvalue weighted by Gasteiger charge is -2.50. The van der Waals surface area contributed by atoms with E-state index in [1.807, 2.05) is 0 Å². The van der Waals surface area contributed by atoms with Crippen molar-refractivity contribution in [3.63, 3.8) is 0 Å². The molecule has 0 fully saturated rings. The van der Waals surface area contributed by atoms with Crippen molar-refractivity contribution in [3.8, 4) is 66.8 Å². The summed E-state index contributed by atoms with van der Waals surface area (Å²) < 4.78 is 0. The van der Waals surface area contributed by atoms with Gasteiger partial charge in [-0.15, -0.1) is 0 Å². The molecule has 2 heteroatoms. The van der Waals surface area contributed by atoms with E-state index in [4.69, 9.17) is 0 Å². The number of hydrogen-bond acceptors (Lipinski definition) is 2. The lowest BCUT2D eigenvalue weighted by Crippen LogP contribution is -2.38. The molecule has 0 unspecified atom stereocenters. The fraction of sp³-hybridized carbons (Fsp3) is 0.0789. The third kappa shape index (κ3) is 7.94. The average molecular weight is 999 g/mol. The number of fused-ring (bicyclic) bond motifs is 5. The van der Waals surface area contributed by atoms with Gasteiger partial charge in [-0.05, 0) is 173 Å². The highest BCUT2D eigenvalue weighted by molar-refractivity contribution is 6.00. The fourth-order valence-corrected chi connectivity index (χ4v) is 12.6. The summed E-state index contributed by atoms with van der Waals surface area (Å²) in [6.07, 6.45) is 0. The molecular weight excluding hydrogens is 941 g/mol. The normalized spacial score (nSPS) is 13.6. The van der Waals surface area contributed by atoms with Crippen LogP contribution in [0.4, 0.5) is 34.1 Å². The van der Waals surface area contributed by atoms with Gasteiger partial charge in [-0.1, -0.05) is 228 Å². The molecule has 2 aliphatic rings. The second-order valence-electron chi connectivity index (χ2n) is 22.2. The Labute approximate surface area is 458 Å². The van der Waals surface area contributed by atoms with Crippen LogP contribution in [-0.2, 0) is 10.8 Å². The monoisotopic (exact) mass is 998 g/mol. The van der Waals surface area contributed by atoms with Crippen LogP contribution in [0, 0.1) is 0 Å². The molecule has 0 atom stereocenters. The van der Waals surface area contributed by atoms with Crippen molar-refractivity contribution >= 4 is 44.9 Å². The lowest BCUT2D eigenvalue weighted by atomic mass is 9.65. The molecule has 372 valence electrons. The summed E-state index contributed by atoms with van der Waals surface area (Å²) in [6, 6.07) is 103. The Kier molecular flexibility index (Phi) is 11.2. The Hall–Kier alpha value is -9.50. The van der Waals surface area contributed by atoms with E-state index in [-0.39, 0.29) is 10.8 Å². The molecular formula is C76H58N2. The van der Waals surface area contributed by atoms with Crippen LogP contribution in [0.5, 0.6) is 0 Å². The zero-order chi connectivity index (χ0) is 52.5. The number of benzene rings is 12. The zero-order valence-corrected chi connectivity index (χ0v) is 44.5. The van der Waals surface area contributed by atoms with E-state index in [0.717, 1.165) is 17.1 Å². The molecule has 0 bridgehead atoms. The molecule has 78 heavy (non-hydrogen) atoms. The van der Waals surface area contributed by atoms with Gasteiger partial charge in [0.05, 0.1) is 22.7 Å². The maximum atomic E-state index is 2.58. The van der Waals surface area contributed by atoms with E-state index < -0.39 is 0 Å². The van der Waals surface area contributed by atoms with Crippen molar-refractivity contribution in [2.75, 3.05) is 9.80 Å². The molecule has 0 saturated carbocycles. The van der Waals surface area contributed by atoms with Crippen LogP contribution in [0.15, 0.2) is 279 Å². The zero-order valence-electron chi connectivity index (χ0n) is 44.5. The largest absolute Gasteiger partial charge is 0.310 e. The van der Waals surface area contributed by atoms with Crippen molar-refractivity contribution in [2.45, 2.75) is 38.5 Å². The highest BCUT2D eigenvalue weighted by Gasteiger charge is 2.46. The van der Waals surface area contributed by atoms with Gasteiger partial charge in [0.1, 0.15) is 0 Å². The van der Waals surface area contributed by atoms with Crippen LogP contribution in [0.25, 0.3) is 77.5 Å². The Bertz CT molecular complexity index is 4100. The molecule has 2 heterocycles. The third-order valence-electron chi connectivity index (χ3n) is 16.8. The molecule has 2 nitrogen and oxygen atoms in total. The van der Waals surface area contributed by atoms with Crippen LogP contribution in [0.2, 0.25) is 0 Å². The predicted molar refractivity (Wildman–Crippen MR) is 330 cm³/mol. The van der Waals surface area contributed by atoms with E-state index >= 15 is 0 Å². The number of hydrogen-bond donors (Lipinski definition) is 0. The molecule has 12 aromatic carbocycles. The number of rotatable bonds is 9. The minimum Gasteiger partial charge on any atom is -0.310 e. The van der Waals surface area contributed by atoms with Crippen LogP contribution < -0.4 is 9.80 Å². The summed E-state index contributed by atoms with van der Waals surface area (Å²) >= 11 is 0. The number of anilines is 6. The lowest BCUT2D eigenvalue weighted by molar-refractivity contribution is 0.598. The first-order valence-corrected chi connectivity index (χ1v) is 27.3. The molecule has 0 aliphatic carbocycles. The fourth-order valence-electron chi connectivity index (χ4n) is 12.6. The molecule has 0 aromatic heterocycles. The van der Waals surface area contributed by atoms with Crippen LogP contribution >= 0.6 is 0 Å². The van der Waals surface area contributed by atoms with Crippen molar-refractivity contribution in [2.24, 2.45) is 0 Å². The van der Waals surface area contributed by atoms with E-state index in [1.165, 1.54) is 117 Å². The Morgan fingerprint density at radius 3 is 1.10 bits per heavy atom. The van der Waals surface area contributed by atoms with E-state index in [1.54, 1.807) is 0 Å². The minimum absolute atomic E-state index is 0.297. The summed E-state index contributed by atoms with van der Waals surface area (Å²) in [5.41, 5.74) is 26.4. The van der Waals surface area contributed by atoms with Crippen LogP contribution in [0.3, 0.4) is 0 Å². The summed E-state index contributed by atoms with van der Waals surface area (Å²) in [6.45, 7) is 9.71. The molecule has 0 spiro atoms. The van der Waals surface area contributed by atoms with Gasteiger partial charge in [0.15, 0.2) is 0 Å². The van der Waals surface area contributed by atoms with Crippen molar-refractivity contribution in [1.82, 2.24) is 0 Å². The Morgan fingerprint density at radius 1 is 0.269 bits per heavy atom. The standard InChI is InChI=1S/C76H58N2/c1-75(2)67-47-61(52-21-10-6-11-22-52)37-43-72(67)78-73-44-38-62(53-23-12-7-13-24-53)48-68(73)76(3,4)70-50-63(49-69(75)74(70)78)60-30-17-29-59(46-60)58-28-16-27-57(45-58)55-35-41-65(42-36-55)77(71-32-18-26-56-25-14-15-31-66(56)71)64-39-33-54(34-40-64)51-19-8-5-9-20-51/h5-50H,1-4H3. The highest BCUT2D eigenvalue weighted by atomic mass is 15.2. The molecule has 0 saturated heterocycles. The van der Waals surface area contributed by atoms with Gasteiger partial charge in [-0.2, -0.15) is 0 Å². The summed E-state index contributed by atoms with van der Waals surface area (Å²) in [4.78, 5) is 4.97. The first-order valence-electron chi connectivity index (χ1n) is 27.3.